The van der Waals surface area contributed by atoms with Gasteiger partial charge in [-0.3, -0.25) is 4.79 Å². The van der Waals surface area contributed by atoms with E-state index < -0.39 is 0 Å². The first-order valence-electron chi connectivity index (χ1n) is 7.69. The van der Waals surface area contributed by atoms with E-state index in [4.69, 9.17) is 5.73 Å². The number of halogens is 1. The van der Waals surface area contributed by atoms with Gasteiger partial charge in [-0.1, -0.05) is 12.1 Å². The predicted octanol–water partition coefficient (Wildman–Crippen LogP) is 3.87. The van der Waals surface area contributed by atoms with Crippen LogP contribution in [-0.4, -0.2) is 35.4 Å². The highest BCUT2D eigenvalue weighted by molar-refractivity contribution is 7.26. The highest BCUT2D eigenvalue weighted by Gasteiger charge is 2.27. The monoisotopic (exact) mass is 379 g/mol. The van der Waals surface area contributed by atoms with E-state index >= 15 is 0 Å². The molecule has 1 aliphatic rings. The number of fused-ring (bicyclic) bond motifs is 1. The van der Waals surface area contributed by atoms with Gasteiger partial charge in [-0.15, -0.1) is 35.1 Å². The van der Waals surface area contributed by atoms with Crippen molar-refractivity contribution in [1.82, 2.24) is 9.88 Å². The number of benzene rings is 1. The normalized spacial score (nSPS) is 17.2. The molecule has 1 atom stereocenters. The van der Waals surface area contributed by atoms with E-state index in [1.165, 1.54) is 16.0 Å². The van der Waals surface area contributed by atoms with Gasteiger partial charge >= 0.3 is 0 Å². The minimum atomic E-state index is 0. The first kappa shape index (κ1) is 17.4. The first-order chi connectivity index (χ1) is 11.2. The average molecular weight is 380 g/mol. The zero-order chi connectivity index (χ0) is 15.8. The van der Waals surface area contributed by atoms with Crippen LogP contribution < -0.4 is 5.73 Å². The number of carbonyl (C=O) groups is 1. The van der Waals surface area contributed by atoms with Crippen LogP contribution in [0.5, 0.6) is 0 Å². The summed E-state index contributed by atoms with van der Waals surface area (Å²) in [7, 11) is 0. The van der Waals surface area contributed by atoms with Crippen molar-refractivity contribution in [1.29, 1.82) is 0 Å². The minimum absolute atomic E-state index is 0. The molecule has 4 rings (SSSR count). The lowest BCUT2D eigenvalue weighted by molar-refractivity contribution is 0.0792. The Labute approximate surface area is 154 Å². The molecule has 0 spiro atoms. The molecule has 1 amide bonds. The van der Waals surface area contributed by atoms with Crippen LogP contribution in [-0.2, 0) is 0 Å². The number of nitrogens with two attached hydrogens (primary N) is 1. The van der Waals surface area contributed by atoms with Gasteiger partial charge in [-0.2, -0.15) is 0 Å². The molecule has 1 fully saturated rings. The lowest BCUT2D eigenvalue weighted by atomic mass is 10.1. The molecule has 0 bridgehead atoms. The van der Waals surface area contributed by atoms with Gasteiger partial charge in [0.1, 0.15) is 5.01 Å². The number of thiophene rings is 1. The van der Waals surface area contributed by atoms with E-state index in [0.717, 1.165) is 39.8 Å². The standard InChI is InChI=1S/C17H17N3OS2.ClH/c18-9-11-7-8-20(10-11)17(21)15-6-5-14(22-15)16-19-12-3-1-2-4-13(12)23-16;/h1-6,11H,7-10,18H2;1H. The molecule has 0 saturated carbocycles. The highest BCUT2D eigenvalue weighted by atomic mass is 35.5. The molecule has 1 saturated heterocycles. The van der Waals surface area contributed by atoms with Crippen LogP contribution in [0.4, 0.5) is 0 Å². The summed E-state index contributed by atoms with van der Waals surface area (Å²) >= 11 is 3.20. The maximum Gasteiger partial charge on any atom is 0.263 e. The molecule has 126 valence electrons. The smallest absolute Gasteiger partial charge is 0.263 e. The average Bonchev–Trinajstić information content (AvgIpc) is 3.31. The van der Waals surface area contributed by atoms with Crippen LogP contribution in [0, 0.1) is 5.92 Å². The molecule has 4 nitrogen and oxygen atoms in total. The summed E-state index contributed by atoms with van der Waals surface area (Å²) in [6, 6.07) is 12.0. The fourth-order valence-corrected chi connectivity index (χ4v) is 4.90. The Morgan fingerprint density at radius 3 is 2.83 bits per heavy atom. The maximum absolute atomic E-state index is 12.6. The minimum Gasteiger partial charge on any atom is -0.338 e. The van der Waals surface area contributed by atoms with Crippen LogP contribution in [0.25, 0.3) is 20.1 Å². The fraction of sp³-hybridized carbons (Fsp3) is 0.294. The van der Waals surface area contributed by atoms with Gasteiger partial charge in [0.25, 0.3) is 5.91 Å². The van der Waals surface area contributed by atoms with Crippen molar-refractivity contribution in [2.75, 3.05) is 19.6 Å². The van der Waals surface area contributed by atoms with Crippen molar-refractivity contribution in [3.63, 3.8) is 0 Å². The Balaban J connectivity index is 0.00000169. The van der Waals surface area contributed by atoms with Gasteiger partial charge in [0.15, 0.2) is 0 Å². The number of thiazole rings is 1. The number of amides is 1. The molecular formula is C17H18ClN3OS2. The van der Waals surface area contributed by atoms with Gasteiger partial charge < -0.3 is 10.6 Å². The molecule has 1 aromatic carbocycles. The molecule has 0 radical (unpaired) electrons. The van der Waals surface area contributed by atoms with Crippen LogP contribution in [0.1, 0.15) is 16.1 Å². The third-order valence-corrected chi connectivity index (χ3v) is 6.51. The topological polar surface area (TPSA) is 59.2 Å². The molecule has 1 unspecified atom stereocenters. The zero-order valence-electron chi connectivity index (χ0n) is 13.0. The van der Waals surface area contributed by atoms with Crippen LogP contribution >= 0.6 is 35.1 Å². The predicted molar refractivity (Wildman–Crippen MR) is 103 cm³/mol. The van der Waals surface area contributed by atoms with E-state index in [0.29, 0.717) is 12.5 Å². The number of likely N-dealkylation sites (tertiary alicyclic amines) is 1. The largest absolute Gasteiger partial charge is 0.338 e. The molecule has 7 heteroatoms. The second kappa shape index (κ2) is 7.19. The second-order valence-electron chi connectivity index (χ2n) is 5.79. The summed E-state index contributed by atoms with van der Waals surface area (Å²) in [4.78, 5) is 21.0. The zero-order valence-corrected chi connectivity index (χ0v) is 15.4. The summed E-state index contributed by atoms with van der Waals surface area (Å²) in [6.07, 6.45) is 1.01. The lowest BCUT2D eigenvalue weighted by Gasteiger charge is -2.14. The summed E-state index contributed by atoms with van der Waals surface area (Å²) in [5.41, 5.74) is 6.72. The molecule has 0 aliphatic carbocycles. The van der Waals surface area contributed by atoms with Gasteiger partial charge in [0, 0.05) is 13.1 Å². The van der Waals surface area contributed by atoms with E-state index in [-0.39, 0.29) is 18.3 Å². The Hall–Kier alpha value is -1.47. The number of rotatable bonds is 3. The summed E-state index contributed by atoms with van der Waals surface area (Å²) < 4.78 is 1.18. The number of para-hydroxylation sites is 1. The first-order valence-corrected chi connectivity index (χ1v) is 9.33. The number of aromatic nitrogens is 1. The van der Waals surface area contributed by atoms with Crippen LogP contribution in [0.15, 0.2) is 36.4 Å². The van der Waals surface area contributed by atoms with Gasteiger partial charge in [0.2, 0.25) is 0 Å². The second-order valence-corrected chi connectivity index (χ2v) is 7.91. The molecule has 3 aromatic rings. The molecule has 3 heterocycles. The summed E-state index contributed by atoms with van der Waals surface area (Å²) in [5.74, 6) is 0.570. The van der Waals surface area contributed by atoms with E-state index in [1.54, 1.807) is 11.3 Å². The Kier molecular flexibility index (Phi) is 5.20. The Bertz CT molecular complexity index is 827. The number of nitrogens with zero attached hydrogens (tertiary/aromatic N) is 2. The van der Waals surface area contributed by atoms with Crippen LogP contribution in [0.2, 0.25) is 0 Å². The summed E-state index contributed by atoms with van der Waals surface area (Å²) in [6.45, 7) is 2.25. The molecule has 24 heavy (non-hydrogen) atoms. The van der Waals surface area contributed by atoms with Crippen molar-refractivity contribution in [3.8, 4) is 9.88 Å². The number of hydrogen-bond acceptors (Lipinski definition) is 5. The highest BCUT2D eigenvalue weighted by Crippen LogP contribution is 2.35. The number of hydrogen-bond donors (Lipinski definition) is 1. The van der Waals surface area contributed by atoms with Gasteiger partial charge in [-0.25, -0.2) is 4.98 Å². The van der Waals surface area contributed by atoms with Gasteiger partial charge in [0.05, 0.1) is 20.0 Å². The number of carbonyl (C=O) groups excluding carboxylic acids is 1. The quantitative estimate of drug-likeness (QED) is 0.751. The molecule has 2 aromatic heterocycles. The van der Waals surface area contributed by atoms with Crippen molar-refractivity contribution in [2.24, 2.45) is 11.7 Å². The maximum atomic E-state index is 12.6. The van der Waals surface area contributed by atoms with E-state index in [2.05, 4.69) is 11.1 Å². The fourth-order valence-electron chi connectivity index (χ4n) is 2.91. The molecule has 2 N–H and O–H groups in total. The summed E-state index contributed by atoms with van der Waals surface area (Å²) in [5, 5.41) is 0.983. The SMILES string of the molecule is Cl.NCC1CCN(C(=O)c2ccc(-c3nc4ccccc4s3)s2)C1. The third-order valence-electron chi connectivity index (χ3n) is 4.23. The third kappa shape index (κ3) is 3.19. The Morgan fingerprint density at radius 2 is 2.08 bits per heavy atom. The lowest BCUT2D eigenvalue weighted by Crippen LogP contribution is -2.29. The van der Waals surface area contributed by atoms with Gasteiger partial charge in [-0.05, 0) is 43.1 Å². The molecule has 1 aliphatic heterocycles. The van der Waals surface area contributed by atoms with E-state index in [1.807, 2.05) is 35.2 Å². The van der Waals surface area contributed by atoms with Crippen molar-refractivity contribution in [2.45, 2.75) is 6.42 Å². The Morgan fingerprint density at radius 1 is 1.25 bits per heavy atom. The van der Waals surface area contributed by atoms with Crippen molar-refractivity contribution < 1.29 is 4.79 Å². The van der Waals surface area contributed by atoms with Crippen molar-refractivity contribution in [3.05, 3.63) is 41.3 Å². The molecular weight excluding hydrogens is 362 g/mol. The van der Waals surface area contributed by atoms with Crippen LogP contribution in [0.3, 0.4) is 0 Å². The van der Waals surface area contributed by atoms with E-state index in [9.17, 15) is 4.79 Å². The van der Waals surface area contributed by atoms with Crippen molar-refractivity contribution >= 4 is 51.2 Å².